The molecule has 6 aromatic rings. The van der Waals surface area contributed by atoms with E-state index in [4.69, 9.17) is 0 Å². The van der Waals surface area contributed by atoms with Crippen LogP contribution in [0.15, 0.2) is 36.4 Å². The summed E-state index contributed by atoms with van der Waals surface area (Å²) in [7, 11) is 0. The summed E-state index contributed by atoms with van der Waals surface area (Å²) in [5.74, 6) is 0. The molecule has 80 heavy (non-hydrogen) atoms. The molecule has 0 saturated carbocycles. The molecule has 0 spiro atoms. The minimum Gasteiger partial charge on any atom is -0.578 e. The van der Waals surface area contributed by atoms with Crippen LogP contribution in [0.3, 0.4) is 0 Å². The number of hydrogen-bond donors (Lipinski definition) is 0. The third-order valence-corrected chi connectivity index (χ3v) is 12.5. The quantitative estimate of drug-likeness (QED) is 0.142. The normalized spacial score (nSPS) is 13.1. The molecular formula is C66H114La2N12. The Hall–Kier alpha value is -2.35. The van der Waals surface area contributed by atoms with Crippen molar-refractivity contribution in [2.75, 3.05) is 0 Å². The average Bonchev–Trinajstić information content (AvgIpc) is 4.06. The van der Waals surface area contributed by atoms with E-state index in [0.29, 0.717) is 0 Å². The van der Waals surface area contributed by atoms with Gasteiger partial charge in [-0.15, -0.1) is 34.2 Å². The zero-order chi connectivity index (χ0) is 61.7. The second-order valence-corrected chi connectivity index (χ2v) is 33.7. The summed E-state index contributed by atoms with van der Waals surface area (Å²) >= 11 is 0. The molecule has 0 fully saturated rings. The molecule has 444 valence electrons. The largest absolute Gasteiger partial charge is 3.00 e. The Balaban J connectivity index is 0. The molecule has 0 aliphatic carbocycles. The Bertz CT molecular complexity index is 2030. The van der Waals surface area contributed by atoms with Crippen molar-refractivity contribution in [3.8, 4) is 0 Å². The van der Waals surface area contributed by atoms with Crippen molar-refractivity contribution in [1.82, 2.24) is 61.2 Å². The minimum atomic E-state index is 0. The molecule has 0 atom stereocenters. The van der Waals surface area contributed by atoms with Gasteiger partial charge in [0.25, 0.3) is 0 Å². The van der Waals surface area contributed by atoms with Crippen molar-refractivity contribution in [2.24, 2.45) is 0 Å². The van der Waals surface area contributed by atoms with Gasteiger partial charge in [0, 0.05) is 66.7 Å². The van der Waals surface area contributed by atoms with E-state index in [0.717, 1.165) is 68.3 Å². The first-order chi connectivity index (χ1) is 34.3. The number of hydrogen-bond acceptors (Lipinski definition) is 6. The predicted octanol–water partition coefficient (Wildman–Crippen LogP) is 15.8. The number of aromatic nitrogens is 12. The van der Waals surface area contributed by atoms with Crippen LogP contribution in [-0.2, 0) is 65.0 Å². The van der Waals surface area contributed by atoms with E-state index < -0.39 is 0 Å². The van der Waals surface area contributed by atoms with Gasteiger partial charge in [0.1, 0.15) is 0 Å². The van der Waals surface area contributed by atoms with E-state index in [-0.39, 0.29) is 136 Å². The van der Waals surface area contributed by atoms with Gasteiger partial charge < -0.3 is 61.2 Å². The van der Waals surface area contributed by atoms with Gasteiger partial charge >= 0.3 is 71.2 Å². The average molecular weight is 1350 g/mol. The van der Waals surface area contributed by atoms with Gasteiger partial charge in [-0.3, -0.25) is 0 Å². The molecule has 0 N–H and O–H groups in total. The predicted molar refractivity (Wildman–Crippen MR) is 330 cm³/mol. The van der Waals surface area contributed by atoms with Crippen LogP contribution in [0, 0.1) is 71.2 Å². The van der Waals surface area contributed by atoms with Crippen molar-refractivity contribution in [3.63, 3.8) is 0 Å². The van der Waals surface area contributed by atoms with E-state index in [1.165, 1.54) is 0 Å². The zero-order valence-corrected chi connectivity index (χ0v) is 65.2. The summed E-state index contributed by atoms with van der Waals surface area (Å²) in [6, 6.07) is 12.7. The van der Waals surface area contributed by atoms with Crippen LogP contribution in [0.5, 0.6) is 0 Å². The molecule has 6 aromatic heterocycles. The molecule has 0 aliphatic rings. The van der Waals surface area contributed by atoms with Gasteiger partial charge in [-0.05, 0) is 32.5 Å². The third kappa shape index (κ3) is 27.6. The fourth-order valence-electron chi connectivity index (χ4n) is 6.17. The summed E-state index contributed by atoms with van der Waals surface area (Å²) in [4.78, 5) is 0. The van der Waals surface area contributed by atoms with Crippen molar-refractivity contribution >= 4 is 0 Å². The Morgan fingerprint density at radius 2 is 0.263 bits per heavy atom. The van der Waals surface area contributed by atoms with E-state index >= 15 is 0 Å². The van der Waals surface area contributed by atoms with Crippen LogP contribution < -0.4 is 30.6 Å². The topological polar surface area (TPSA) is 162 Å². The maximum Gasteiger partial charge on any atom is 3.00 e. The second kappa shape index (κ2) is 28.7. The summed E-state index contributed by atoms with van der Waals surface area (Å²) in [6.07, 6.45) is 0. The van der Waals surface area contributed by atoms with Crippen molar-refractivity contribution in [2.45, 2.75) is 314 Å². The van der Waals surface area contributed by atoms with Gasteiger partial charge in [-0.1, -0.05) is 286 Å². The van der Waals surface area contributed by atoms with Crippen molar-refractivity contribution in [1.29, 1.82) is 0 Å². The summed E-state index contributed by atoms with van der Waals surface area (Å²) in [6.45, 7) is 77.6. The second-order valence-electron chi connectivity index (χ2n) is 33.7. The Kier molecular flexibility index (Phi) is 28.6. The van der Waals surface area contributed by atoms with Gasteiger partial charge in [-0.25, -0.2) is 0 Å². The molecule has 6 heterocycles. The first kappa shape index (κ1) is 79.7. The molecule has 0 aromatic carbocycles. The molecule has 12 nitrogen and oxygen atoms in total. The molecule has 14 heteroatoms. The summed E-state index contributed by atoms with van der Waals surface area (Å²) < 4.78 is 0. The van der Waals surface area contributed by atoms with Crippen LogP contribution in [0.2, 0.25) is 0 Å². The van der Waals surface area contributed by atoms with Crippen molar-refractivity contribution in [3.05, 3.63) is 105 Å². The Morgan fingerprint density at radius 3 is 0.300 bits per heavy atom. The van der Waals surface area contributed by atoms with E-state index in [1.54, 1.807) is 0 Å². The minimum absolute atomic E-state index is 0. The van der Waals surface area contributed by atoms with E-state index in [2.05, 4.69) is 347 Å². The molecule has 0 amide bonds. The molecule has 0 radical (unpaired) electrons. The van der Waals surface area contributed by atoms with Crippen LogP contribution in [-0.4, -0.2) is 30.6 Å². The fourth-order valence-corrected chi connectivity index (χ4v) is 6.17. The van der Waals surface area contributed by atoms with Gasteiger partial charge in [-0.2, -0.15) is 0 Å². The third-order valence-electron chi connectivity index (χ3n) is 12.5. The Labute approximate surface area is 546 Å². The van der Waals surface area contributed by atoms with Crippen LogP contribution in [0.1, 0.15) is 318 Å². The van der Waals surface area contributed by atoms with Gasteiger partial charge in [0.2, 0.25) is 0 Å². The molecular weight excluding hydrogens is 1240 g/mol. The van der Waals surface area contributed by atoms with Gasteiger partial charge in [0.05, 0.1) is 0 Å². The molecule has 0 bridgehead atoms. The SMILES string of the molecule is CC(C)(C)c1cc(C(C)(C)C)[n-]n1.CC(C)(C)c1cc(C(C)(C)C)[n-]n1.CC(C)(C)c1cc(C(C)(C)C)[n-]n1.CC(C)(C)c1cc(C(C)(C)C)[n-]n1.CC(C)(C)c1cc(C(C)(C)C)[n-]n1.CC(C)(C)c1cc(C(C)(C)C)[n-]n1.[La+3].[La+3]. The maximum atomic E-state index is 4.20. The number of rotatable bonds is 0. The fraction of sp³-hybridized carbons (Fsp3) is 0.727. The molecule has 0 aliphatic heterocycles. The zero-order valence-electron chi connectivity index (χ0n) is 58.0. The molecule has 0 saturated heterocycles. The van der Waals surface area contributed by atoms with E-state index in [9.17, 15) is 0 Å². The van der Waals surface area contributed by atoms with Crippen LogP contribution >= 0.6 is 0 Å². The maximum absolute atomic E-state index is 4.20. The smallest absolute Gasteiger partial charge is 0.578 e. The van der Waals surface area contributed by atoms with Gasteiger partial charge in [0.15, 0.2) is 0 Å². The van der Waals surface area contributed by atoms with Crippen molar-refractivity contribution < 1.29 is 71.2 Å². The standard InChI is InChI=1S/6C11H19N2.2La/c6*1-10(2,3)8-7-9(13-12-8)11(4,5)6;;/h6*7H,1-6H3;;/q6*-1;2*+3. The molecule has 0 unspecified atom stereocenters. The molecule has 6 rings (SSSR count). The first-order valence-corrected chi connectivity index (χ1v) is 28.3. The monoisotopic (exact) mass is 1350 g/mol. The Morgan fingerprint density at radius 1 is 0.175 bits per heavy atom. The van der Waals surface area contributed by atoms with Crippen LogP contribution in [0.25, 0.3) is 0 Å². The summed E-state index contributed by atoms with van der Waals surface area (Å²) in [5.41, 5.74) is 14.3. The summed E-state index contributed by atoms with van der Waals surface area (Å²) in [5, 5.41) is 50.4. The van der Waals surface area contributed by atoms with Crippen LogP contribution in [0.4, 0.5) is 0 Å². The number of nitrogens with zero attached hydrogens (tertiary/aromatic N) is 12. The van der Waals surface area contributed by atoms with E-state index in [1.807, 2.05) is 0 Å². The first-order valence-electron chi connectivity index (χ1n) is 28.3.